The van der Waals surface area contributed by atoms with E-state index < -0.39 is 61.2 Å². The second-order valence-corrected chi connectivity index (χ2v) is 19.8. The van der Waals surface area contributed by atoms with E-state index in [9.17, 15) is 52.7 Å². The summed E-state index contributed by atoms with van der Waals surface area (Å²) in [6, 6.07) is 29.4. The van der Waals surface area contributed by atoms with E-state index in [1.807, 2.05) is 0 Å². The summed E-state index contributed by atoms with van der Waals surface area (Å²) in [4.78, 5) is 0. The summed E-state index contributed by atoms with van der Waals surface area (Å²) in [7, 11) is -8.80. The molecule has 0 amide bonds. The molecule has 0 fully saturated rings. The molecule has 16 heteroatoms. The Balaban J connectivity index is 1.46. The van der Waals surface area contributed by atoms with Gasteiger partial charge in [0.15, 0.2) is 14.3 Å². The minimum atomic E-state index is -4.77. The first-order valence-electron chi connectivity index (χ1n) is 18.3. The van der Waals surface area contributed by atoms with Crippen molar-refractivity contribution in [3.63, 3.8) is 0 Å². The number of alkyl halides is 12. The average molecular weight is 901 g/mol. The van der Waals surface area contributed by atoms with Crippen LogP contribution in [0.5, 0.6) is 0 Å². The van der Waals surface area contributed by atoms with Gasteiger partial charge in [0.1, 0.15) is 0 Å². The molecule has 0 aromatic heterocycles. The van der Waals surface area contributed by atoms with Gasteiger partial charge >= 0.3 is 24.7 Å². The maximum Gasteiger partial charge on any atom is 0.416 e. The molecule has 8 aromatic rings. The minimum absolute atomic E-state index is 0.0340. The lowest BCUT2D eigenvalue weighted by atomic mass is 9.97. The van der Waals surface area contributed by atoms with E-state index in [0.717, 1.165) is 97.1 Å². The lowest BCUT2D eigenvalue weighted by Crippen LogP contribution is -2.27. The van der Waals surface area contributed by atoms with Crippen molar-refractivity contribution < 1.29 is 61.8 Å². The third-order valence-corrected chi connectivity index (χ3v) is 16.9. The van der Waals surface area contributed by atoms with E-state index in [-0.39, 0.29) is 42.6 Å². The van der Waals surface area contributed by atoms with Crippen molar-refractivity contribution in [2.45, 2.75) is 24.7 Å². The highest BCUT2D eigenvalue weighted by Crippen LogP contribution is 2.50. The van der Waals surface area contributed by atoms with Gasteiger partial charge in [-0.1, -0.05) is 97.1 Å². The number of hydrogen-bond acceptors (Lipinski definition) is 2. The lowest BCUT2D eigenvalue weighted by Gasteiger charge is -2.26. The fourth-order valence-corrected chi connectivity index (χ4v) is 13.4. The van der Waals surface area contributed by atoms with Gasteiger partial charge in [-0.15, -0.1) is 0 Å². The Morgan fingerprint density at radius 3 is 0.694 bits per heavy atom. The van der Waals surface area contributed by atoms with Crippen LogP contribution in [0, 0.1) is 0 Å². The molecule has 0 saturated carbocycles. The van der Waals surface area contributed by atoms with E-state index in [4.69, 9.17) is 0 Å². The van der Waals surface area contributed by atoms with Crippen molar-refractivity contribution in [3.05, 3.63) is 180 Å². The van der Waals surface area contributed by atoms with E-state index >= 15 is 9.13 Å². The molecule has 0 unspecified atom stereocenters. The first-order chi connectivity index (χ1) is 29.0. The zero-order valence-electron chi connectivity index (χ0n) is 31.3. The minimum Gasteiger partial charge on any atom is -0.309 e. The summed E-state index contributed by atoms with van der Waals surface area (Å²) in [6.07, 6.45) is -19.1. The fourth-order valence-electron chi connectivity index (χ4n) is 7.73. The molecule has 0 saturated heterocycles. The molecule has 0 aliphatic rings. The molecule has 62 heavy (non-hydrogen) atoms. The largest absolute Gasteiger partial charge is 0.416 e. The molecule has 0 atom stereocenters. The SMILES string of the molecule is O=P(c1ccc(C(F)(F)F)cc1)(c1ccc(C(F)(F)F)cc1)c1cc2c3ccccc3c(P(=O)(c3ccc(C(F)(F)F)cc3)c3ccc(C(F)(F)F)cc3)cc2c2ccccc12. The Bertz CT molecular complexity index is 2760. The van der Waals surface area contributed by atoms with Crippen LogP contribution in [0.4, 0.5) is 52.7 Å². The van der Waals surface area contributed by atoms with E-state index in [1.165, 1.54) is 12.1 Å². The quantitative estimate of drug-likeness (QED) is 0.0947. The van der Waals surface area contributed by atoms with Crippen LogP contribution in [0.1, 0.15) is 22.3 Å². The van der Waals surface area contributed by atoms with Crippen molar-refractivity contribution >= 4 is 78.4 Å². The average Bonchev–Trinajstić information content (AvgIpc) is 3.24. The molecule has 8 aromatic carbocycles. The van der Waals surface area contributed by atoms with Crippen LogP contribution in [-0.4, -0.2) is 0 Å². The number of rotatable bonds is 6. The Morgan fingerprint density at radius 1 is 0.274 bits per heavy atom. The van der Waals surface area contributed by atoms with Gasteiger partial charge in [-0.25, -0.2) is 0 Å². The molecule has 8 rings (SSSR count). The molecule has 0 aliphatic carbocycles. The van der Waals surface area contributed by atoms with Gasteiger partial charge in [-0.2, -0.15) is 52.7 Å². The molecule has 316 valence electrons. The normalized spacial score (nSPS) is 13.3. The smallest absolute Gasteiger partial charge is 0.309 e. The summed E-state index contributed by atoms with van der Waals surface area (Å²) in [6.45, 7) is 0. The van der Waals surface area contributed by atoms with Crippen molar-refractivity contribution in [2.75, 3.05) is 0 Å². The fraction of sp³-hybridized carbons (Fsp3) is 0.0870. The first-order valence-corrected chi connectivity index (χ1v) is 21.7. The third kappa shape index (κ3) is 7.36. The van der Waals surface area contributed by atoms with Crippen LogP contribution in [0.2, 0.25) is 0 Å². The number of benzene rings is 8. The van der Waals surface area contributed by atoms with E-state index in [1.54, 1.807) is 48.5 Å². The molecule has 0 aliphatic heterocycles. The summed E-state index contributed by atoms with van der Waals surface area (Å²) in [5.41, 5.74) is -4.25. The molecular weight excluding hydrogens is 874 g/mol. The summed E-state index contributed by atoms with van der Waals surface area (Å²) >= 11 is 0. The van der Waals surface area contributed by atoms with Gasteiger partial charge in [0.05, 0.1) is 22.3 Å². The molecule has 0 N–H and O–H groups in total. The second-order valence-electron chi connectivity index (χ2n) is 14.4. The molecular formula is C46H26F12O2P2. The Kier molecular flexibility index (Phi) is 10.3. The summed E-state index contributed by atoms with van der Waals surface area (Å²) in [5.74, 6) is 0. The van der Waals surface area contributed by atoms with Crippen LogP contribution in [-0.2, 0) is 33.8 Å². The molecule has 0 heterocycles. The number of halogens is 12. The van der Waals surface area contributed by atoms with E-state index in [2.05, 4.69) is 0 Å². The van der Waals surface area contributed by atoms with Crippen LogP contribution >= 0.6 is 14.3 Å². The second kappa shape index (κ2) is 14.9. The topological polar surface area (TPSA) is 34.1 Å². The van der Waals surface area contributed by atoms with Gasteiger partial charge in [-0.3, -0.25) is 0 Å². The lowest BCUT2D eigenvalue weighted by molar-refractivity contribution is -0.138. The predicted octanol–water partition coefficient (Wildman–Crippen LogP) is 12.5. The number of fused-ring (bicyclic) bond motifs is 5. The van der Waals surface area contributed by atoms with E-state index in [0.29, 0.717) is 21.5 Å². The summed E-state index contributed by atoms with van der Waals surface area (Å²) in [5, 5.41) is 1.34. The highest BCUT2D eigenvalue weighted by Gasteiger charge is 2.39. The van der Waals surface area contributed by atoms with Crippen molar-refractivity contribution in [2.24, 2.45) is 0 Å². The van der Waals surface area contributed by atoms with Gasteiger partial charge in [0.25, 0.3) is 0 Å². The van der Waals surface area contributed by atoms with Gasteiger partial charge in [-0.05, 0) is 93.0 Å². The number of hydrogen-bond donors (Lipinski definition) is 0. The van der Waals surface area contributed by atoms with Crippen LogP contribution in [0.25, 0.3) is 32.3 Å². The zero-order valence-corrected chi connectivity index (χ0v) is 33.0. The van der Waals surface area contributed by atoms with Gasteiger partial charge < -0.3 is 9.13 Å². The van der Waals surface area contributed by atoms with Crippen LogP contribution in [0.15, 0.2) is 158 Å². The third-order valence-electron chi connectivity index (χ3n) is 10.8. The monoisotopic (exact) mass is 900 g/mol. The Labute approximate surface area is 344 Å². The molecule has 0 spiro atoms. The first kappa shape index (κ1) is 42.8. The highest BCUT2D eigenvalue weighted by molar-refractivity contribution is 7.86. The highest BCUT2D eigenvalue weighted by atomic mass is 31.2. The van der Waals surface area contributed by atoms with Crippen molar-refractivity contribution in [1.82, 2.24) is 0 Å². The summed E-state index contributed by atoms with van der Waals surface area (Å²) < 4.78 is 197. The van der Waals surface area contributed by atoms with Gasteiger partial charge in [0.2, 0.25) is 0 Å². The standard InChI is InChI=1S/C46H26F12O2P2/c47-43(48,49)27-9-17-31(18-10-27)61(59,32-19-11-28(12-20-32)44(50,51)52)41-26-40-36-6-2-4-8-38(36)42(25-39(40)35-5-1-3-7-37(35)41)62(60,33-21-13-29(14-22-33)45(53,54)55)34-23-15-30(16-24-34)46(56,57)58/h1-26H. The van der Waals surface area contributed by atoms with Crippen molar-refractivity contribution in [1.29, 1.82) is 0 Å². The maximum atomic E-state index is 16.0. The predicted molar refractivity (Wildman–Crippen MR) is 218 cm³/mol. The van der Waals surface area contributed by atoms with Crippen molar-refractivity contribution in [3.8, 4) is 0 Å². The molecule has 0 radical (unpaired) electrons. The maximum absolute atomic E-state index is 16.0. The molecule has 2 nitrogen and oxygen atoms in total. The van der Waals surface area contributed by atoms with Crippen LogP contribution < -0.4 is 31.8 Å². The van der Waals surface area contributed by atoms with Gasteiger partial charge in [0, 0.05) is 31.8 Å². The Morgan fingerprint density at radius 2 is 0.484 bits per heavy atom. The molecule has 0 bridgehead atoms. The zero-order chi connectivity index (χ0) is 44.6. The Hall–Kier alpha value is -5.84. The van der Waals surface area contributed by atoms with Crippen LogP contribution in [0.3, 0.4) is 0 Å².